The number of unbranched alkanes of at least 4 members (excludes halogenated alkanes) is 12. The van der Waals surface area contributed by atoms with Gasteiger partial charge in [-0.1, -0.05) is 124 Å². The Morgan fingerprint density at radius 3 is 1.36 bits per heavy atom. The fourth-order valence-electron chi connectivity index (χ4n) is 4.28. The second-order valence-electron chi connectivity index (χ2n) is 9.60. The van der Waals surface area contributed by atoms with Gasteiger partial charge in [-0.3, -0.25) is 0 Å². The van der Waals surface area contributed by atoms with Crippen LogP contribution in [-0.2, 0) is 18.8 Å². The normalized spacial score (nSPS) is 11.8. The maximum atomic E-state index is 12.8. The van der Waals surface area contributed by atoms with E-state index in [1.807, 2.05) is 0 Å². The van der Waals surface area contributed by atoms with Crippen molar-refractivity contribution < 1.29 is 18.8 Å². The summed E-state index contributed by atoms with van der Waals surface area (Å²) in [6.45, 7) is 9.26. The average molecular weight is 483 g/mol. The van der Waals surface area contributed by atoms with Gasteiger partial charge in [0.1, 0.15) is 0 Å². The molecule has 0 aliphatic heterocycles. The summed E-state index contributed by atoms with van der Waals surface area (Å²) >= 11 is 0. The first-order chi connectivity index (χ1) is 16.0. The van der Waals surface area contributed by atoms with E-state index in [0.717, 1.165) is 63.1 Å². The molecule has 0 rings (SSSR count). The lowest BCUT2D eigenvalue weighted by Crippen LogP contribution is -2.40. The fraction of sp³-hybridized carbons (Fsp3) is 0.857. The number of hydrogen-bond acceptors (Lipinski definition) is 4. The van der Waals surface area contributed by atoms with Gasteiger partial charge < -0.3 is 9.16 Å². The number of hydrogen-bond donors (Lipinski definition) is 0. The zero-order valence-electron chi connectivity index (χ0n) is 22.4. The van der Waals surface area contributed by atoms with Crippen LogP contribution in [0.25, 0.3) is 0 Å². The summed E-state index contributed by atoms with van der Waals surface area (Å²) in [6, 6.07) is 3.19. The van der Waals surface area contributed by atoms with Crippen molar-refractivity contribution in [3.63, 3.8) is 0 Å². The Bertz CT molecular complexity index is 473. The maximum absolute atomic E-state index is 12.8. The van der Waals surface area contributed by atoms with E-state index in [1.165, 1.54) is 69.9 Å². The van der Waals surface area contributed by atoms with E-state index in [0.29, 0.717) is 6.61 Å². The second kappa shape index (κ2) is 22.7. The van der Waals surface area contributed by atoms with E-state index < -0.39 is 14.3 Å². The fourth-order valence-corrected chi connectivity index (χ4v) is 8.52. The monoisotopic (exact) mass is 482 g/mol. The molecule has 0 aromatic heterocycles. The van der Waals surface area contributed by atoms with Gasteiger partial charge in [0.25, 0.3) is 8.32 Å². The molecule has 0 amide bonds. The molecule has 0 heterocycles. The Labute approximate surface area is 206 Å². The van der Waals surface area contributed by atoms with Gasteiger partial charge >= 0.3 is 11.9 Å². The first kappa shape index (κ1) is 31.9. The van der Waals surface area contributed by atoms with Crippen molar-refractivity contribution in [1.29, 1.82) is 0 Å². The van der Waals surface area contributed by atoms with Gasteiger partial charge in [-0.25, -0.2) is 9.59 Å². The van der Waals surface area contributed by atoms with Gasteiger partial charge in [-0.05, 0) is 24.6 Å². The Morgan fingerprint density at radius 2 is 0.939 bits per heavy atom. The largest absolute Gasteiger partial charge is 0.516 e. The third kappa shape index (κ3) is 19.0. The number of carbonyl (C=O) groups is 2. The summed E-state index contributed by atoms with van der Waals surface area (Å²) < 4.78 is 11.5. The van der Waals surface area contributed by atoms with Crippen molar-refractivity contribution in [2.75, 3.05) is 6.61 Å². The molecule has 0 spiro atoms. The first-order valence-corrected chi connectivity index (χ1v) is 16.6. The SMILES string of the molecule is CCCCCCOC(=O)/C=C/C(=O)O[Si](CCCCCC)(CCCCCC)CCCCCC. The zero-order valence-corrected chi connectivity index (χ0v) is 23.4. The number of rotatable bonds is 23. The highest BCUT2D eigenvalue weighted by molar-refractivity contribution is 6.75. The molecule has 0 radical (unpaired) electrons. The quantitative estimate of drug-likeness (QED) is 0.0631. The third-order valence-corrected chi connectivity index (χ3v) is 10.8. The molecule has 4 nitrogen and oxygen atoms in total. The minimum absolute atomic E-state index is 0.342. The molecule has 0 saturated heterocycles. The molecule has 0 unspecified atom stereocenters. The molecule has 0 saturated carbocycles. The summed E-state index contributed by atoms with van der Waals surface area (Å²) in [6.07, 6.45) is 21.3. The van der Waals surface area contributed by atoms with Gasteiger partial charge in [0.05, 0.1) is 6.61 Å². The van der Waals surface area contributed by atoms with Crippen LogP contribution in [0.3, 0.4) is 0 Å². The summed E-state index contributed by atoms with van der Waals surface area (Å²) in [5.41, 5.74) is 0. The molecule has 0 aromatic rings. The van der Waals surface area contributed by atoms with Crippen molar-refractivity contribution in [3.8, 4) is 0 Å². The number of esters is 1. The molecule has 33 heavy (non-hydrogen) atoms. The van der Waals surface area contributed by atoms with Gasteiger partial charge in [0, 0.05) is 12.2 Å². The smallest absolute Gasteiger partial charge is 0.331 e. The molecule has 0 aliphatic carbocycles. The summed E-state index contributed by atoms with van der Waals surface area (Å²) in [5.74, 6) is -0.782. The van der Waals surface area contributed by atoms with Crippen molar-refractivity contribution in [2.45, 2.75) is 149 Å². The molecule has 0 N–H and O–H groups in total. The van der Waals surface area contributed by atoms with Crippen LogP contribution in [0.5, 0.6) is 0 Å². The Kier molecular flexibility index (Phi) is 21.9. The lowest BCUT2D eigenvalue weighted by atomic mass is 10.2. The van der Waals surface area contributed by atoms with E-state index in [2.05, 4.69) is 27.7 Å². The van der Waals surface area contributed by atoms with Crippen LogP contribution in [0.1, 0.15) is 130 Å². The highest BCUT2D eigenvalue weighted by Gasteiger charge is 2.36. The lowest BCUT2D eigenvalue weighted by Gasteiger charge is -2.31. The molecule has 0 aliphatic rings. The molecular formula is C28H54O4Si. The highest BCUT2D eigenvalue weighted by atomic mass is 28.4. The van der Waals surface area contributed by atoms with Crippen molar-refractivity contribution in [2.24, 2.45) is 0 Å². The Morgan fingerprint density at radius 1 is 0.545 bits per heavy atom. The average Bonchev–Trinajstić information content (AvgIpc) is 2.81. The molecule has 5 heteroatoms. The van der Waals surface area contributed by atoms with Gasteiger partial charge in [0.15, 0.2) is 0 Å². The minimum atomic E-state index is -2.17. The van der Waals surface area contributed by atoms with E-state index in [1.54, 1.807) is 0 Å². The zero-order chi connectivity index (χ0) is 24.6. The molecule has 0 bridgehead atoms. The highest BCUT2D eigenvalue weighted by Crippen LogP contribution is 2.31. The number of carbonyl (C=O) groups excluding carboxylic acids is 2. The summed E-state index contributed by atoms with van der Waals surface area (Å²) in [7, 11) is -2.17. The van der Waals surface area contributed by atoms with E-state index in [4.69, 9.17) is 9.16 Å². The van der Waals surface area contributed by atoms with Gasteiger partial charge in [-0.2, -0.15) is 0 Å². The topological polar surface area (TPSA) is 52.6 Å². The molecule has 0 fully saturated rings. The van der Waals surface area contributed by atoms with E-state index in [9.17, 15) is 9.59 Å². The maximum Gasteiger partial charge on any atom is 0.331 e. The summed E-state index contributed by atoms with van der Waals surface area (Å²) in [5, 5.41) is 0. The lowest BCUT2D eigenvalue weighted by molar-refractivity contribution is -0.138. The third-order valence-electron chi connectivity index (χ3n) is 6.37. The molecule has 194 valence electrons. The second-order valence-corrected chi connectivity index (χ2v) is 13.7. The van der Waals surface area contributed by atoms with Crippen LogP contribution in [-0.4, -0.2) is 26.9 Å². The van der Waals surface area contributed by atoms with Crippen molar-refractivity contribution in [1.82, 2.24) is 0 Å². The van der Waals surface area contributed by atoms with Crippen LogP contribution in [0.15, 0.2) is 12.2 Å². The van der Waals surface area contributed by atoms with Gasteiger partial charge in [0.2, 0.25) is 0 Å². The predicted octanol–water partition coefficient (Wildman–Crippen LogP) is 8.90. The van der Waals surface area contributed by atoms with Crippen molar-refractivity contribution in [3.05, 3.63) is 12.2 Å². The standard InChI is InChI=1S/C28H54O4Si/c1-5-9-13-17-23-31-27(29)21-22-28(30)32-33(24-18-14-10-6-2,25-19-15-11-7-3)26-20-16-12-8-4/h21-22H,5-20,23-26H2,1-4H3/b22-21+. The molecule has 0 aromatic carbocycles. The summed E-state index contributed by atoms with van der Waals surface area (Å²) in [4.78, 5) is 24.7. The Balaban J connectivity index is 5.01. The Hall–Kier alpha value is -1.10. The van der Waals surface area contributed by atoms with Crippen LogP contribution in [0.2, 0.25) is 18.1 Å². The van der Waals surface area contributed by atoms with Crippen LogP contribution >= 0.6 is 0 Å². The number of ether oxygens (including phenoxy) is 1. The minimum Gasteiger partial charge on any atom is -0.516 e. The van der Waals surface area contributed by atoms with Crippen molar-refractivity contribution >= 4 is 20.3 Å². The van der Waals surface area contributed by atoms with E-state index in [-0.39, 0.29) is 5.97 Å². The van der Waals surface area contributed by atoms with Gasteiger partial charge in [-0.15, -0.1) is 0 Å². The van der Waals surface area contributed by atoms with Crippen LogP contribution in [0, 0.1) is 0 Å². The van der Waals surface area contributed by atoms with E-state index >= 15 is 0 Å². The first-order valence-electron chi connectivity index (χ1n) is 14.1. The molecular weight excluding hydrogens is 428 g/mol. The molecule has 0 atom stereocenters. The van der Waals surface area contributed by atoms with Crippen LogP contribution < -0.4 is 0 Å². The van der Waals surface area contributed by atoms with Crippen LogP contribution in [0.4, 0.5) is 0 Å². The predicted molar refractivity (Wildman–Crippen MR) is 143 cm³/mol.